The number of rotatable bonds is 5. The Morgan fingerprint density at radius 3 is 2.55 bits per heavy atom. The fraction of sp³-hybridized carbons (Fsp3) is 0.429. The van der Waals surface area contributed by atoms with Gasteiger partial charge in [-0.05, 0) is 30.2 Å². The topological polar surface area (TPSA) is 89.9 Å². The summed E-state index contributed by atoms with van der Waals surface area (Å²) in [6.45, 7) is 0.0832. The minimum Gasteiger partial charge on any atom is -0.395 e. The van der Waals surface area contributed by atoms with Crippen molar-refractivity contribution in [3.63, 3.8) is 0 Å². The summed E-state index contributed by atoms with van der Waals surface area (Å²) in [7, 11) is 0. The fourth-order valence-electron chi connectivity index (χ4n) is 2.26. The van der Waals surface area contributed by atoms with Crippen molar-refractivity contribution in [2.45, 2.75) is 12.8 Å². The number of fused-ring (bicyclic) bond motifs is 1. The Morgan fingerprint density at radius 1 is 1.20 bits per heavy atom. The van der Waals surface area contributed by atoms with Gasteiger partial charge in [0, 0.05) is 30.8 Å². The fourth-order valence-corrected chi connectivity index (χ4v) is 2.26. The van der Waals surface area contributed by atoms with Crippen LogP contribution in [0.2, 0.25) is 0 Å². The molecule has 1 heterocycles. The maximum absolute atomic E-state index is 12.3. The van der Waals surface area contributed by atoms with Crippen LogP contribution in [0.4, 0.5) is 5.69 Å². The van der Waals surface area contributed by atoms with Crippen molar-refractivity contribution in [1.29, 1.82) is 0 Å². The minimum atomic E-state index is -0.229. The van der Waals surface area contributed by atoms with Crippen LogP contribution in [0.3, 0.4) is 0 Å². The number of aliphatic hydroxyl groups is 2. The molecule has 1 aromatic carbocycles. The number of anilines is 1. The smallest absolute Gasteiger partial charge is 0.254 e. The molecule has 3 N–H and O–H groups in total. The molecule has 0 bridgehead atoms. The zero-order chi connectivity index (χ0) is 14.5. The second kappa shape index (κ2) is 6.49. The van der Waals surface area contributed by atoms with Crippen LogP contribution in [0, 0.1) is 0 Å². The Balaban J connectivity index is 2.20. The summed E-state index contributed by atoms with van der Waals surface area (Å²) < 4.78 is 0. The van der Waals surface area contributed by atoms with Crippen molar-refractivity contribution >= 4 is 17.5 Å². The second-order valence-electron chi connectivity index (χ2n) is 4.66. The highest BCUT2D eigenvalue weighted by atomic mass is 16.3. The summed E-state index contributed by atoms with van der Waals surface area (Å²) in [6.07, 6.45) is 1.03. The lowest BCUT2D eigenvalue weighted by molar-refractivity contribution is -0.116. The third kappa shape index (κ3) is 3.15. The molecule has 2 rings (SSSR count). The summed E-state index contributed by atoms with van der Waals surface area (Å²) in [5.74, 6) is -0.244. The number of hydrogen-bond donors (Lipinski definition) is 3. The maximum atomic E-state index is 12.3. The van der Waals surface area contributed by atoms with Crippen LogP contribution in [0.15, 0.2) is 18.2 Å². The zero-order valence-corrected chi connectivity index (χ0v) is 11.1. The molecule has 6 nitrogen and oxygen atoms in total. The summed E-state index contributed by atoms with van der Waals surface area (Å²) in [4.78, 5) is 25.0. The molecule has 1 aromatic rings. The summed E-state index contributed by atoms with van der Waals surface area (Å²) in [6, 6.07) is 5.13. The number of aryl methyl sites for hydroxylation is 1. The molecule has 0 radical (unpaired) electrons. The molecule has 0 aromatic heterocycles. The maximum Gasteiger partial charge on any atom is 0.254 e. The highest BCUT2D eigenvalue weighted by molar-refractivity contribution is 5.98. The molecule has 0 saturated heterocycles. The first kappa shape index (κ1) is 14.5. The highest BCUT2D eigenvalue weighted by Gasteiger charge is 2.19. The Kier molecular flexibility index (Phi) is 4.70. The lowest BCUT2D eigenvalue weighted by Gasteiger charge is -2.22. The second-order valence-corrected chi connectivity index (χ2v) is 4.66. The predicted octanol–water partition coefficient (Wildman–Crippen LogP) is -0.00190. The quantitative estimate of drug-likeness (QED) is 0.707. The summed E-state index contributed by atoms with van der Waals surface area (Å²) in [5, 5.41) is 20.7. The molecule has 0 spiro atoms. The first-order valence-electron chi connectivity index (χ1n) is 6.59. The molecule has 1 aliphatic heterocycles. The van der Waals surface area contributed by atoms with Gasteiger partial charge in [0.25, 0.3) is 5.91 Å². The van der Waals surface area contributed by atoms with Crippen molar-refractivity contribution < 1.29 is 19.8 Å². The van der Waals surface area contributed by atoms with E-state index >= 15 is 0 Å². The van der Waals surface area contributed by atoms with Gasteiger partial charge in [-0.2, -0.15) is 0 Å². The summed E-state index contributed by atoms with van der Waals surface area (Å²) >= 11 is 0. The third-order valence-electron chi connectivity index (χ3n) is 3.27. The largest absolute Gasteiger partial charge is 0.395 e. The molecular formula is C14H18N2O4. The molecular weight excluding hydrogens is 260 g/mol. The number of aliphatic hydroxyl groups excluding tert-OH is 2. The Morgan fingerprint density at radius 2 is 1.90 bits per heavy atom. The average Bonchev–Trinajstić information content (AvgIpc) is 2.45. The van der Waals surface area contributed by atoms with Gasteiger partial charge in [0.2, 0.25) is 5.91 Å². The van der Waals surface area contributed by atoms with Gasteiger partial charge in [0.15, 0.2) is 0 Å². The minimum absolute atomic E-state index is 0.0150. The molecule has 0 saturated carbocycles. The van der Waals surface area contributed by atoms with Crippen molar-refractivity contribution in [3.05, 3.63) is 29.3 Å². The van der Waals surface area contributed by atoms with Gasteiger partial charge in [-0.15, -0.1) is 0 Å². The molecule has 20 heavy (non-hydrogen) atoms. The van der Waals surface area contributed by atoms with Gasteiger partial charge in [-0.25, -0.2) is 0 Å². The number of nitrogens with one attached hydrogen (secondary N) is 1. The number of hydrogen-bond acceptors (Lipinski definition) is 4. The van der Waals surface area contributed by atoms with E-state index in [2.05, 4.69) is 5.32 Å². The number of carbonyl (C=O) groups excluding carboxylic acids is 2. The van der Waals surface area contributed by atoms with Gasteiger partial charge in [0.05, 0.1) is 13.2 Å². The van der Waals surface area contributed by atoms with Crippen molar-refractivity contribution in [1.82, 2.24) is 4.90 Å². The summed E-state index contributed by atoms with van der Waals surface area (Å²) in [5.41, 5.74) is 2.18. The van der Waals surface area contributed by atoms with E-state index in [0.29, 0.717) is 18.4 Å². The third-order valence-corrected chi connectivity index (χ3v) is 3.27. The van der Waals surface area contributed by atoms with E-state index in [1.807, 2.05) is 0 Å². The lowest BCUT2D eigenvalue weighted by atomic mass is 10.00. The van der Waals surface area contributed by atoms with Crippen LogP contribution in [0.5, 0.6) is 0 Å². The Bertz CT molecular complexity index is 510. The van der Waals surface area contributed by atoms with Gasteiger partial charge in [0.1, 0.15) is 0 Å². The standard InChI is InChI=1S/C14H18N2O4/c17-7-5-16(6-8-18)14(20)11-1-3-12-10(9-11)2-4-13(19)15-12/h1,3,9,17-18H,2,4-8H2,(H,15,19). The van der Waals surface area contributed by atoms with Crippen LogP contribution in [0.25, 0.3) is 0 Å². The lowest BCUT2D eigenvalue weighted by Crippen LogP contribution is -2.36. The van der Waals surface area contributed by atoms with Crippen molar-refractivity contribution in [3.8, 4) is 0 Å². The first-order chi connectivity index (χ1) is 9.65. The van der Waals surface area contributed by atoms with Crippen molar-refractivity contribution in [2.24, 2.45) is 0 Å². The van der Waals surface area contributed by atoms with Gasteiger partial charge in [-0.3, -0.25) is 9.59 Å². The number of amides is 2. The van der Waals surface area contributed by atoms with Gasteiger partial charge >= 0.3 is 0 Å². The monoisotopic (exact) mass is 278 g/mol. The molecule has 0 atom stereocenters. The van der Waals surface area contributed by atoms with E-state index in [1.165, 1.54) is 4.90 Å². The Labute approximate surface area is 117 Å². The normalized spacial score (nSPS) is 13.6. The van der Waals surface area contributed by atoms with Gasteiger partial charge < -0.3 is 20.4 Å². The van der Waals surface area contributed by atoms with Crippen LogP contribution in [-0.4, -0.2) is 53.2 Å². The van der Waals surface area contributed by atoms with E-state index in [-0.39, 0.29) is 38.1 Å². The van der Waals surface area contributed by atoms with Crippen molar-refractivity contribution in [2.75, 3.05) is 31.6 Å². The highest BCUT2D eigenvalue weighted by Crippen LogP contribution is 2.24. The number of carbonyl (C=O) groups is 2. The molecule has 108 valence electrons. The Hall–Kier alpha value is -1.92. The molecule has 0 fully saturated rings. The molecule has 1 aliphatic rings. The van der Waals surface area contributed by atoms with E-state index in [1.54, 1.807) is 18.2 Å². The molecule has 6 heteroatoms. The van der Waals surface area contributed by atoms with E-state index in [9.17, 15) is 9.59 Å². The van der Waals surface area contributed by atoms with Crippen LogP contribution < -0.4 is 5.32 Å². The van der Waals surface area contributed by atoms with Crippen LogP contribution >= 0.6 is 0 Å². The number of benzene rings is 1. The van der Waals surface area contributed by atoms with Gasteiger partial charge in [-0.1, -0.05) is 0 Å². The predicted molar refractivity (Wildman–Crippen MR) is 73.5 cm³/mol. The number of nitrogens with zero attached hydrogens (tertiary/aromatic N) is 1. The molecule has 0 aliphatic carbocycles. The molecule has 2 amide bonds. The SMILES string of the molecule is O=C1CCc2cc(C(=O)N(CCO)CCO)ccc2N1. The molecule has 0 unspecified atom stereocenters. The first-order valence-corrected chi connectivity index (χ1v) is 6.59. The van der Waals surface area contributed by atoms with E-state index < -0.39 is 0 Å². The van der Waals surface area contributed by atoms with Crippen LogP contribution in [-0.2, 0) is 11.2 Å². The average molecular weight is 278 g/mol. The van der Waals surface area contributed by atoms with E-state index in [0.717, 1.165) is 11.3 Å². The zero-order valence-electron chi connectivity index (χ0n) is 11.1. The van der Waals surface area contributed by atoms with Crippen LogP contribution in [0.1, 0.15) is 22.3 Å². The van der Waals surface area contributed by atoms with E-state index in [4.69, 9.17) is 10.2 Å².